The van der Waals surface area contributed by atoms with Crippen LogP contribution < -0.4 is 0 Å². The number of aliphatic carboxylic acids is 1. The average molecular weight is 276 g/mol. The maximum atomic E-state index is 12.0. The molecule has 0 aromatic rings. The second-order valence-corrected chi connectivity index (χ2v) is 7.21. The minimum atomic E-state index is -0.646. The predicted molar refractivity (Wildman–Crippen MR) is 76.2 cm³/mol. The van der Waals surface area contributed by atoms with Crippen LogP contribution in [0.5, 0.6) is 0 Å². The van der Waals surface area contributed by atoms with Gasteiger partial charge in [0.25, 0.3) is 0 Å². The first-order valence-corrected chi connectivity index (χ1v) is 7.89. The quantitative estimate of drug-likeness (QED) is 0.745. The number of carboxylic acid groups (broad SMARTS) is 1. The molecular weight excluding hydrogens is 252 g/mol. The molecule has 1 N–H and O–H groups in total. The summed E-state index contributed by atoms with van der Waals surface area (Å²) < 4.78 is 0. The number of ketones is 1. The first kappa shape index (κ1) is 13.8. The van der Waals surface area contributed by atoms with Crippen molar-refractivity contribution < 1.29 is 14.7 Å². The van der Waals surface area contributed by atoms with Gasteiger partial charge in [-0.25, -0.2) is 0 Å². The molecule has 4 atom stereocenters. The Morgan fingerprint density at radius 3 is 2.80 bits per heavy atom. The number of carbonyl (C=O) groups excluding carboxylic acids is 1. The van der Waals surface area contributed by atoms with Gasteiger partial charge in [-0.05, 0) is 49.9 Å². The van der Waals surface area contributed by atoms with E-state index in [4.69, 9.17) is 0 Å². The van der Waals surface area contributed by atoms with Gasteiger partial charge in [-0.1, -0.05) is 25.5 Å². The zero-order valence-electron chi connectivity index (χ0n) is 12.4. The Hall–Kier alpha value is -1.12. The zero-order chi connectivity index (χ0) is 14.5. The Kier molecular flexibility index (Phi) is 3.07. The Balaban J connectivity index is 2.07. The smallest absolute Gasteiger partial charge is 0.313 e. The molecule has 0 unspecified atom stereocenters. The van der Waals surface area contributed by atoms with Gasteiger partial charge in [-0.3, -0.25) is 9.59 Å². The molecule has 0 spiro atoms. The molecule has 0 heterocycles. The molecule has 0 bridgehead atoms. The number of Topliss-reactive ketones (excluding diaryl/α,β-unsaturated/α-hetero) is 1. The van der Waals surface area contributed by atoms with Crippen LogP contribution in [0.4, 0.5) is 0 Å². The van der Waals surface area contributed by atoms with E-state index in [1.807, 2.05) is 6.92 Å². The van der Waals surface area contributed by atoms with Crippen molar-refractivity contribution in [2.75, 3.05) is 0 Å². The Morgan fingerprint density at radius 2 is 2.10 bits per heavy atom. The highest BCUT2D eigenvalue weighted by molar-refractivity contribution is 5.84. The first-order valence-electron chi connectivity index (χ1n) is 7.89. The number of fused-ring (bicyclic) bond motifs is 3. The molecule has 0 radical (unpaired) electrons. The van der Waals surface area contributed by atoms with Crippen LogP contribution in [0.1, 0.15) is 58.8 Å². The summed E-state index contributed by atoms with van der Waals surface area (Å²) in [7, 11) is 0. The summed E-state index contributed by atoms with van der Waals surface area (Å²) in [6.45, 7) is 4.26. The molecule has 3 rings (SSSR count). The first-order chi connectivity index (χ1) is 9.42. The van der Waals surface area contributed by atoms with Crippen LogP contribution in [0.3, 0.4) is 0 Å². The van der Waals surface area contributed by atoms with Crippen molar-refractivity contribution in [2.24, 2.45) is 22.7 Å². The standard InChI is InChI=1S/C17H24O3/c1-11-12-6-10-17(15(19)20)8-4-3-5-14(17)16(12,2)9-7-13(11)18/h5,11-12H,3-4,6-10H2,1-2H3,(H,19,20)/t11-,12-,16-,17-/m0/s1. The van der Waals surface area contributed by atoms with Crippen LogP contribution in [-0.4, -0.2) is 16.9 Å². The van der Waals surface area contributed by atoms with Gasteiger partial charge in [0.2, 0.25) is 0 Å². The fourth-order valence-electron chi connectivity index (χ4n) is 5.23. The SMILES string of the molecule is C[C@@H]1C(=O)CC[C@]2(C)C3=CCCC[C@]3(C(=O)O)CC[C@@H]12. The minimum Gasteiger partial charge on any atom is -0.481 e. The lowest BCUT2D eigenvalue weighted by Crippen LogP contribution is -2.53. The molecule has 0 aromatic heterocycles. The van der Waals surface area contributed by atoms with Crippen molar-refractivity contribution in [2.45, 2.75) is 58.8 Å². The highest BCUT2D eigenvalue weighted by Crippen LogP contribution is 2.62. The van der Waals surface area contributed by atoms with E-state index in [1.165, 1.54) is 0 Å². The number of hydrogen-bond acceptors (Lipinski definition) is 2. The van der Waals surface area contributed by atoms with Gasteiger partial charge in [-0.15, -0.1) is 0 Å². The monoisotopic (exact) mass is 276 g/mol. The van der Waals surface area contributed by atoms with Crippen LogP contribution in [0.2, 0.25) is 0 Å². The molecule has 3 nitrogen and oxygen atoms in total. The summed E-state index contributed by atoms with van der Waals surface area (Å²) in [6, 6.07) is 0. The molecule has 2 saturated carbocycles. The van der Waals surface area contributed by atoms with Gasteiger partial charge in [0.15, 0.2) is 0 Å². The predicted octanol–water partition coefficient (Wildman–Crippen LogP) is 3.58. The molecule has 3 aliphatic carbocycles. The molecule has 20 heavy (non-hydrogen) atoms. The van der Waals surface area contributed by atoms with E-state index in [9.17, 15) is 14.7 Å². The second-order valence-electron chi connectivity index (χ2n) is 7.21. The minimum absolute atomic E-state index is 0.0790. The molecule has 0 saturated heterocycles. The number of carbonyl (C=O) groups is 2. The normalized spacial score (nSPS) is 44.3. The average Bonchev–Trinajstić information content (AvgIpc) is 2.43. The van der Waals surface area contributed by atoms with Crippen LogP contribution >= 0.6 is 0 Å². The summed E-state index contributed by atoms with van der Waals surface area (Å²) in [5.41, 5.74) is 0.438. The van der Waals surface area contributed by atoms with Crippen molar-refractivity contribution in [3.8, 4) is 0 Å². The maximum absolute atomic E-state index is 12.0. The highest BCUT2D eigenvalue weighted by Gasteiger charge is 2.58. The number of rotatable bonds is 1. The van der Waals surface area contributed by atoms with E-state index in [1.54, 1.807) is 0 Å². The number of carboxylic acids is 1. The third-order valence-corrected chi connectivity index (χ3v) is 6.40. The van der Waals surface area contributed by atoms with Gasteiger partial charge in [0, 0.05) is 12.3 Å². The Bertz CT molecular complexity index is 492. The van der Waals surface area contributed by atoms with E-state index in [0.29, 0.717) is 24.5 Å². The maximum Gasteiger partial charge on any atom is 0.313 e. The summed E-state index contributed by atoms with van der Waals surface area (Å²) in [5.74, 6) is 0.142. The fourth-order valence-corrected chi connectivity index (χ4v) is 5.23. The van der Waals surface area contributed by atoms with E-state index in [2.05, 4.69) is 13.0 Å². The molecule has 2 fully saturated rings. The van der Waals surface area contributed by atoms with Crippen molar-refractivity contribution in [1.29, 1.82) is 0 Å². The number of hydrogen-bond donors (Lipinski definition) is 1. The van der Waals surface area contributed by atoms with E-state index in [0.717, 1.165) is 37.7 Å². The molecule has 3 heteroatoms. The Morgan fingerprint density at radius 1 is 1.35 bits per heavy atom. The van der Waals surface area contributed by atoms with Crippen molar-refractivity contribution in [3.05, 3.63) is 11.6 Å². The van der Waals surface area contributed by atoms with Gasteiger partial charge >= 0.3 is 5.97 Å². The summed E-state index contributed by atoms with van der Waals surface area (Å²) in [4.78, 5) is 24.0. The molecule has 0 amide bonds. The van der Waals surface area contributed by atoms with Crippen LogP contribution in [0, 0.1) is 22.7 Å². The van der Waals surface area contributed by atoms with E-state index >= 15 is 0 Å². The largest absolute Gasteiger partial charge is 0.481 e. The summed E-state index contributed by atoms with van der Waals surface area (Å²) in [5, 5.41) is 9.84. The van der Waals surface area contributed by atoms with E-state index < -0.39 is 11.4 Å². The van der Waals surface area contributed by atoms with Gasteiger partial charge in [-0.2, -0.15) is 0 Å². The van der Waals surface area contributed by atoms with E-state index in [-0.39, 0.29) is 11.3 Å². The van der Waals surface area contributed by atoms with Crippen LogP contribution in [0.25, 0.3) is 0 Å². The topological polar surface area (TPSA) is 54.4 Å². The van der Waals surface area contributed by atoms with Gasteiger partial charge in [0.05, 0.1) is 5.41 Å². The molecule has 0 aromatic carbocycles. The zero-order valence-corrected chi connectivity index (χ0v) is 12.4. The summed E-state index contributed by atoms with van der Waals surface area (Å²) in [6.07, 6.45) is 7.99. The molecule has 3 aliphatic rings. The van der Waals surface area contributed by atoms with Gasteiger partial charge in [0.1, 0.15) is 5.78 Å². The fraction of sp³-hybridized carbons (Fsp3) is 0.765. The molecule has 110 valence electrons. The lowest BCUT2D eigenvalue weighted by Gasteiger charge is -2.56. The highest BCUT2D eigenvalue weighted by atomic mass is 16.4. The summed E-state index contributed by atoms with van der Waals surface area (Å²) >= 11 is 0. The second kappa shape index (κ2) is 4.44. The van der Waals surface area contributed by atoms with Crippen molar-refractivity contribution in [1.82, 2.24) is 0 Å². The van der Waals surface area contributed by atoms with Crippen LogP contribution in [-0.2, 0) is 9.59 Å². The lowest BCUT2D eigenvalue weighted by molar-refractivity contribution is -0.152. The van der Waals surface area contributed by atoms with Gasteiger partial charge < -0.3 is 5.11 Å². The van der Waals surface area contributed by atoms with Crippen molar-refractivity contribution in [3.63, 3.8) is 0 Å². The lowest BCUT2D eigenvalue weighted by atomic mass is 9.47. The molecule has 0 aliphatic heterocycles. The van der Waals surface area contributed by atoms with Crippen LogP contribution in [0.15, 0.2) is 11.6 Å². The Labute approximate surface area is 120 Å². The van der Waals surface area contributed by atoms with Crippen molar-refractivity contribution >= 4 is 11.8 Å². The third kappa shape index (κ3) is 1.64. The third-order valence-electron chi connectivity index (χ3n) is 6.40. The molecular formula is C17H24O3. The number of allylic oxidation sites excluding steroid dienone is 1.